The Labute approximate surface area is 177 Å². The lowest BCUT2D eigenvalue weighted by atomic mass is 9.86. The van der Waals surface area contributed by atoms with Gasteiger partial charge in [0.1, 0.15) is 12.4 Å². The summed E-state index contributed by atoms with van der Waals surface area (Å²) in [7, 11) is 0. The molecule has 5 rings (SSSR count). The van der Waals surface area contributed by atoms with Crippen LogP contribution in [-0.2, 0) is 16.0 Å². The van der Waals surface area contributed by atoms with E-state index in [1.807, 2.05) is 24.3 Å². The molecular formula is C25H28N2O3. The second-order valence-electron chi connectivity index (χ2n) is 8.50. The summed E-state index contributed by atoms with van der Waals surface area (Å²) in [4.78, 5) is 30.1. The Morgan fingerprint density at radius 2 is 1.80 bits per heavy atom. The lowest BCUT2D eigenvalue weighted by molar-refractivity contribution is -0.136. The Balaban J connectivity index is 1.29. The predicted octanol–water partition coefficient (Wildman–Crippen LogP) is 4.26. The molecule has 5 heteroatoms. The first-order chi connectivity index (χ1) is 14.7. The molecule has 0 spiro atoms. The number of aryl methyl sites for hydroxylation is 1. The maximum Gasteiger partial charge on any atom is 0.227 e. The van der Waals surface area contributed by atoms with Crippen molar-refractivity contribution in [1.29, 1.82) is 0 Å². The van der Waals surface area contributed by atoms with Gasteiger partial charge in [-0.15, -0.1) is 0 Å². The SMILES string of the molecule is O=C(CCC(=O)N(C1CC1)C1CCCc2ccccc21)N1CCOc2ccccc21. The van der Waals surface area contributed by atoms with Crippen molar-refractivity contribution in [3.8, 4) is 5.75 Å². The maximum absolute atomic E-state index is 13.3. The molecule has 2 aromatic rings. The van der Waals surface area contributed by atoms with E-state index in [2.05, 4.69) is 29.2 Å². The van der Waals surface area contributed by atoms with Crippen LogP contribution in [0.3, 0.4) is 0 Å². The van der Waals surface area contributed by atoms with E-state index >= 15 is 0 Å². The Bertz CT molecular complexity index is 953. The summed E-state index contributed by atoms with van der Waals surface area (Å²) in [5.74, 6) is 0.856. The number of para-hydroxylation sites is 2. The number of fused-ring (bicyclic) bond motifs is 2. The van der Waals surface area contributed by atoms with Crippen LogP contribution in [0.5, 0.6) is 5.75 Å². The van der Waals surface area contributed by atoms with Gasteiger partial charge in [0, 0.05) is 18.9 Å². The zero-order chi connectivity index (χ0) is 20.5. The molecule has 3 aliphatic rings. The molecule has 30 heavy (non-hydrogen) atoms. The minimum Gasteiger partial charge on any atom is -0.490 e. The van der Waals surface area contributed by atoms with E-state index in [0.29, 0.717) is 19.2 Å². The summed E-state index contributed by atoms with van der Waals surface area (Å²) >= 11 is 0. The van der Waals surface area contributed by atoms with Crippen LogP contribution in [-0.4, -0.2) is 35.9 Å². The highest BCUT2D eigenvalue weighted by Gasteiger charge is 2.39. The van der Waals surface area contributed by atoms with Crippen molar-refractivity contribution < 1.29 is 14.3 Å². The van der Waals surface area contributed by atoms with Crippen molar-refractivity contribution >= 4 is 17.5 Å². The molecule has 5 nitrogen and oxygen atoms in total. The average Bonchev–Trinajstić information content (AvgIpc) is 3.62. The monoisotopic (exact) mass is 404 g/mol. The number of nitrogens with zero attached hydrogens (tertiary/aromatic N) is 2. The number of hydrogen-bond donors (Lipinski definition) is 0. The van der Waals surface area contributed by atoms with Gasteiger partial charge in [-0.2, -0.15) is 0 Å². The first-order valence-corrected chi connectivity index (χ1v) is 11.1. The zero-order valence-corrected chi connectivity index (χ0v) is 17.3. The quantitative estimate of drug-likeness (QED) is 0.748. The van der Waals surface area contributed by atoms with E-state index in [0.717, 1.165) is 43.5 Å². The van der Waals surface area contributed by atoms with Crippen LogP contribution in [0.15, 0.2) is 48.5 Å². The number of rotatable bonds is 5. The van der Waals surface area contributed by atoms with Crippen molar-refractivity contribution in [3.05, 3.63) is 59.7 Å². The standard InChI is InChI=1S/C25H28N2O3/c28-24(26-16-17-30-23-11-4-3-9-22(23)26)14-15-25(29)27(19-12-13-19)21-10-5-7-18-6-1-2-8-20(18)21/h1-4,6,8-9,11,19,21H,5,7,10,12-17H2. The highest BCUT2D eigenvalue weighted by atomic mass is 16.5. The van der Waals surface area contributed by atoms with Crippen LogP contribution in [0.1, 0.15) is 55.7 Å². The maximum atomic E-state index is 13.3. The number of anilines is 1. The first-order valence-electron chi connectivity index (χ1n) is 11.1. The van der Waals surface area contributed by atoms with Crippen LogP contribution in [0.4, 0.5) is 5.69 Å². The van der Waals surface area contributed by atoms with Gasteiger partial charge in [-0.05, 0) is 55.4 Å². The van der Waals surface area contributed by atoms with E-state index in [4.69, 9.17) is 4.74 Å². The molecule has 0 saturated heterocycles. The van der Waals surface area contributed by atoms with Gasteiger partial charge in [0.05, 0.1) is 18.3 Å². The zero-order valence-electron chi connectivity index (χ0n) is 17.3. The number of ether oxygens (including phenoxy) is 1. The second-order valence-corrected chi connectivity index (χ2v) is 8.50. The van der Waals surface area contributed by atoms with Crippen molar-refractivity contribution in [2.45, 2.75) is 57.0 Å². The Morgan fingerprint density at radius 3 is 2.67 bits per heavy atom. The predicted molar refractivity (Wildman–Crippen MR) is 116 cm³/mol. The van der Waals surface area contributed by atoms with Crippen LogP contribution in [0.25, 0.3) is 0 Å². The van der Waals surface area contributed by atoms with Crippen molar-refractivity contribution in [2.75, 3.05) is 18.1 Å². The third-order valence-electron chi connectivity index (χ3n) is 6.48. The molecule has 1 saturated carbocycles. The molecule has 2 amide bonds. The number of carbonyl (C=O) groups is 2. The number of amides is 2. The average molecular weight is 405 g/mol. The summed E-state index contributed by atoms with van der Waals surface area (Å²) in [6.07, 6.45) is 5.89. The Kier molecular flexibility index (Phi) is 5.19. The summed E-state index contributed by atoms with van der Waals surface area (Å²) in [6.45, 7) is 1.02. The van der Waals surface area contributed by atoms with Crippen molar-refractivity contribution in [3.63, 3.8) is 0 Å². The van der Waals surface area contributed by atoms with Gasteiger partial charge in [0.2, 0.25) is 11.8 Å². The summed E-state index contributed by atoms with van der Waals surface area (Å²) in [5.41, 5.74) is 3.48. The molecule has 2 aromatic carbocycles. The molecule has 0 N–H and O–H groups in total. The number of hydrogen-bond acceptors (Lipinski definition) is 3. The molecule has 156 valence electrons. The minimum absolute atomic E-state index is 0.00103. The molecule has 0 bridgehead atoms. The second kappa shape index (κ2) is 8.13. The number of carbonyl (C=O) groups excluding carboxylic acids is 2. The Hall–Kier alpha value is -2.82. The highest BCUT2D eigenvalue weighted by molar-refractivity contribution is 5.97. The smallest absolute Gasteiger partial charge is 0.227 e. The van der Waals surface area contributed by atoms with E-state index in [1.165, 1.54) is 11.1 Å². The molecule has 1 unspecified atom stereocenters. The van der Waals surface area contributed by atoms with Crippen LogP contribution in [0.2, 0.25) is 0 Å². The van der Waals surface area contributed by atoms with Gasteiger partial charge in [-0.1, -0.05) is 36.4 Å². The van der Waals surface area contributed by atoms with E-state index in [-0.39, 0.29) is 30.7 Å². The molecular weight excluding hydrogens is 376 g/mol. The summed E-state index contributed by atoms with van der Waals surface area (Å²) in [6, 6.07) is 16.6. The minimum atomic E-state index is -0.00103. The van der Waals surface area contributed by atoms with Crippen LogP contribution in [0, 0.1) is 0 Å². The van der Waals surface area contributed by atoms with Gasteiger partial charge >= 0.3 is 0 Å². The van der Waals surface area contributed by atoms with Gasteiger partial charge < -0.3 is 14.5 Å². The fourth-order valence-electron chi connectivity index (χ4n) is 4.91. The molecule has 0 radical (unpaired) electrons. The molecule has 0 aromatic heterocycles. The van der Waals surface area contributed by atoms with E-state index < -0.39 is 0 Å². The third-order valence-corrected chi connectivity index (χ3v) is 6.48. The van der Waals surface area contributed by atoms with Crippen LogP contribution >= 0.6 is 0 Å². The highest BCUT2D eigenvalue weighted by Crippen LogP contribution is 2.41. The van der Waals surface area contributed by atoms with E-state index in [9.17, 15) is 9.59 Å². The van der Waals surface area contributed by atoms with E-state index in [1.54, 1.807) is 4.90 Å². The van der Waals surface area contributed by atoms with Gasteiger partial charge in [0.25, 0.3) is 0 Å². The molecule has 1 fully saturated rings. The topological polar surface area (TPSA) is 49.9 Å². The largest absolute Gasteiger partial charge is 0.490 e. The lowest BCUT2D eigenvalue weighted by Gasteiger charge is -2.36. The van der Waals surface area contributed by atoms with Gasteiger partial charge in [-0.25, -0.2) is 0 Å². The molecule has 1 atom stereocenters. The molecule has 2 aliphatic carbocycles. The fourth-order valence-corrected chi connectivity index (χ4v) is 4.91. The summed E-state index contributed by atoms with van der Waals surface area (Å²) in [5, 5.41) is 0. The number of benzene rings is 2. The van der Waals surface area contributed by atoms with Crippen molar-refractivity contribution in [1.82, 2.24) is 4.90 Å². The fraction of sp³-hybridized carbons (Fsp3) is 0.440. The molecule has 1 heterocycles. The lowest BCUT2D eigenvalue weighted by Crippen LogP contribution is -2.40. The Morgan fingerprint density at radius 1 is 1.00 bits per heavy atom. The van der Waals surface area contributed by atoms with Gasteiger partial charge in [0.15, 0.2) is 0 Å². The first kappa shape index (κ1) is 19.2. The molecule has 1 aliphatic heterocycles. The van der Waals surface area contributed by atoms with Gasteiger partial charge in [-0.3, -0.25) is 9.59 Å². The third kappa shape index (κ3) is 3.69. The normalized spacial score (nSPS) is 20.0. The van der Waals surface area contributed by atoms with Crippen molar-refractivity contribution in [2.24, 2.45) is 0 Å². The summed E-state index contributed by atoms with van der Waals surface area (Å²) < 4.78 is 5.65. The van der Waals surface area contributed by atoms with Crippen LogP contribution < -0.4 is 9.64 Å².